The van der Waals surface area contributed by atoms with E-state index in [4.69, 9.17) is 0 Å². The Morgan fingerprint density at radius 1 is 1.06 bits per heavy atom. The second kappa shape index (κ2) is 10.3. The van der Waals surface area contributed by atoms with Crippen LogP contribution in [-0.2, 0) is 35.6 Å². The molecule has 2 aromatic heterocycles. The van der Waals surface area contributed by atoms with Crippen LogP contribution in [0.5, 0.6) is 0 Å². The Hall–Kier alpha value is -3.25. The van der Waals surface area contributed by atoms with Crippen LogP contribution in [0.3, 0.4) is 0 Å². The zero-order chi connectivity index (χ0) is 24.9. The van der Waals surface area contributed by atoms with Crippen molar-refractivity contribution >= 4 is 27.5 Å². The minimum Gasteiger partial charge on any atom is -0.324 e. The average Bonchev–Trinajstić information content (AvgIpc) is 2.77. The Balaban J connectivity index is 1.87. The van der Waals surface area contributed by atoms with Crippen LogP contribution in [0.4, 0.5) is 30.6 Å². The van der Waals surface area contributed by atoms with E-state index < -0.39 is 21.8 Å². The number of nitrogens with zero attached hydrogens (tertiary/aromatic N) is 4. The number of halogens is 3. The molecule has 3 rings (SSSR count). The van der Waals surface area contributed by atoms with E-state index >= 15 is 0 Å². The van der Waals surface area contributed by atoms with Gasteiger partial charge in [-0.15, -0.1) is 0 Å². The molecule has 0 unspecified atom stereocenters. The van der Waals surface area contributed by atoms with Gasteiger partial charge >= 0.3 is 6.18 Å². The Kier molecular flexibility index (Phi) is 7.72. The summed E-state index contributed by atoms with van der Waals surface area (Å²) >= 11 is 0. The van der Waals surface area contributed by atoms with Gasteiger partial charge in [0.1, 0.15) is 5.82 Å². The van der Waals surface area contributed by atoms with E-state index in [2.05, 4.69) is 25.6 Å². The Labute approximate surface area is 196 Å². The number of benzene rings is 1. The van der Waals surface area contributed by atoms with E-state index in [0.29, 0.717) is 17.8 Å². The summed E-state index contributed by atoms with van der Waals surface area (Å²) in [5.74, 6) is 0.191. The number of aryl methyl sites for hydroxylation is 2. The molecule has 0 aliphatic carbocycles. The van der Waals surface area contributed by atoms with Gasteiger partial charge in [-0.2, -0.15) is 13.2 Å². The third-order valence-corrected chi connectivity index (χ3v) is 6.23. The number of hydrogen-bond acceptors (Lipinski definition) is 7. The maximum Gasteiger partial charge on any atom is 0.419 e. The molecule has 0 fully saturated rings. The quantitative estimate of drug-likeness (QED) is 0.469. The lowest BCUT2D eigenvalue weighted by Crippen LogP contribution is -2.27. The number of aromatic nitrogens is 3. The molecule has 0 amide bonds. The fraction of sp³-hybridized carbons (Fsp3) is 0.318. The summed E-state index contributed by atoms with van der Waals surface area (Å²) < 4.78 is 65.7. The van der Waals surface area contributed by atoms with Crippen LogP contribution in [0.1, 0.15) is 22.4 Å². The molecule has 0 aliphatic heterocycles. The zero-order valence-electron chi connectivity index (χ0n) is 18.9. The molecule has 0 radical (unpaired) electrons. The van der Waals surface area contributed by atoms with Gasteiger partial charge in [-0.25, -0.2) is 23.4 Å². The summed E-state index contributed by atoms with van der Waals surface area (Å²) in [5.41, 5.74) is 1.03. The Morgan fingerprint density at radius 3 is 2.38 bits per heavy atom. The van der Waals surface area contributed by atoms with Crippen molar-refractivity contribution in [1.29, 1.82) is 0 Å². The topological polar surface area (TPSA) is 100 Å². The number of hydrogen-bond donors (Lipinski definition) is 2. The monoisotopic (exact) mass is 494 g/mol. The fourth-order valence-electron chi connectivity index (χ4n) is 3.26. The predicted octanol–water partition coefficient (Wildman–Crippen LogP) is 3.53. The maximum atomic E-state index is 13.6. The molecule has 0 saturated carbocycles. The first kappa shape index (κ1) is 25.4. The van der Waals surface area contributed by atoms with Crippen molar-refractivity contribution in [3.8, 4) is 0 Å². The van der Waals surface area contributed by atoms with Gasteiger partial charge in [0.2, 0.25) is 16.0 Å². The summed E-state index contributed by atoms with van der Waals surface area (Å²) in [6.45, 7) is 0.687. The van der Waals surface area contributed by atoms with Gasteiger partial charge in [-0.1, -0.05) is 18.2 Å². The summed E-state index contributed by atoms with van der Waals surface area (Å²) in [4.78, 5) is 12.1. The van der Waals surface area contributed by atoms with Gasteiger partial charge in [0.05, 0.1) is 17.5 Å². The highest BCUT2D eigenvalue weighted by Crippen LogP contribution is 2.32. The van der Waals surface area contributed by atoms with Crippen molar-refractivity contribution < 1.29 is 21.6 Å². The fourth-order valence-corrected chi connectivity index (χ4v) is 3.74. The third kappa shape index (κ3) is 6.41. The Bertz CT molecular complexity index is 1230. The molecular formula is C22H25F3N6O2S. The number of alkyl halides is 3. The molecule has 12 heteroatoms. The van der Waals surface area contributed by atoms with E-state index in [-0.39, 0.29) is 30.3 Å². The van der Waals surface area contributed by atoms with E-state index in [1.54, 1.807) is 24.3 Å². The molecule has 1 aromatic carbocycles. The van der Waals surface area contributed by atoms with Crippen LogP contribution in [0.25, 0.3) is 0 Å². The second-order valence-corrected chi connectivity index (χ2v) is 9.63. The Morgan fingerprint density at radius 2 is 1.76 bits per heavy atom. The van der Waals surface area contributed by atoms with E-state index in [1.165, 1.54) is 13.2 Å². The first-order chi connectivity index (χ1) is 16.0. The highest BCUT2D eigenvalue weighted by atomic mass is 32.2. The minimum atomic E-state index is -4.63. The summed E-state index contributed by atoms with van der Waals surface area (Å²) in [6.07, 6.45) is -1.42. The van der Waals surface area contributed by atoms with Gasteiger partial charge in [0.15, 0.2) is 0 Å². The highest BCUT2D eigenvalue weighted by Gasteiger charge is 2.35. The van der Waals surface area contributed by atoms with Crippen molar-refractivity contribution in [2.75, 3.05) is 30.0 Å². The SMILES string of the molecule is CNCc1ccc(Nc2ncc(C(F)(F)F)c(CCc3cccnc3N(C)S(C)(=O)=O)n2)cc1. The molecule has 0 saturated heterocycles. The molecule has 3 aromatic rings. The molecule has 0 atom stereocenters. The van der Waals surface area contributed by atoms with Crippen LogP contribution in [0, 0.1) is 0 Å². The third-order valence-electron chi connectivity index (χ3n) is 5.06. The van der Waals surface area contributed by atoms with Gasteiger partial charge in [0, 0.05) is 31.7 Å². The van der Waals surface area contributed by atoms with Gasteiger partial charge in [0.25, 0.3) is 0 Å². The predicted molar refractivity (Wildman–Crippen MR) is 124 cm³/mol. The lowest BCUT2D eigenvalue weighted by Gasteiger charge is -2.19. The second-order valence-electron chi connectivity index (χ2n) is 7.62. The number of anilines is 3. The first-order valence-electron chi connectivity index (χ1n) is 10.3. The summed E-state index contributed by atoms with van der Waals surface area (Å²) in [5, 5.41) is 5.97. The van der Waals surface area contributed by atoms with Crippen molar-refractivity contribution in [2.45, 2.75) is 25.6 Å². The van der Waals surface area contributed by atoms with Gasteiger partial charge in [-0.05, 0) is 49.2 Å². The molecule has 34 heavy (non-hydrogen) atoms. The smallest absolute Gasteiger partial charge is 0.324 e. The van der Waals surface area contributed by atoms with Crippen LogP contribution >= 0.6 is 0 Å². The number of pyridine rings is 1. The van der Waals surface area contributed by atoms with Crippen molar-refractivity contribution in [3.05, 3.63) is 71.2 Å². The van der Waals surface area contributed by atoms with Crippen molar-refractivity contribution in [3.63, 3.8) is 0 Å². The first-order valence-corrected chi connectivity index (χ1v) is 12.2. The number of sulfonamides is 1. The highest BCUT2D eigenvalue weighted by molar-refractivity contribution is 7.92. The molecule has 2 heterocycles. The molecule has 0 bridgehead atoms. The summed E-state index contributed by atoms with van der Waals surface area (Å²) in [6, 6.07) is 10.6. The molecule has 182 valence electrons. The van der Waals surface area contributed by atoms with Crippen LogP contribution in [0.15, 0.2) is 48.8 Å². The zero-order valence-corrected chi connectivity index (χ0v) is 19.7. The van der Waals surface area contributed by atoms with Crippen LogP contribution in [-0.4, -0.2) is 43.7 Å². The lowest BCUT2D eigenvalue weighted by molar-refractivity contribution is -0.138. The van der Waals surface area contributed by atoms with E-state index in [9.17, 15) is 21.6 Å². The maximum absolute atomic E-state index is 13.6. The lowest BCUT2D eigenvalue weighted by atomic mass is 10.1. The normalized spacial score (nSPS) is 11.9. The standard InChI is InChI=1S/C22H25F3N6O2S/c1-26-13-15-6-9-17(10-7-15)29-21-28-14-18(22(23,24)25)19(30-21)11-8-16-5-4-12-27-20(16)31(2)34(3,32)33/h4-7,9-10,12,14,26H,8,11,13H2,1-3H3,(H,28,29,30). The molecule has 8 nitrogen and oxygen atoms in total. The van der Waals surface area contributed by atoms with Crippen LogP contribution in [0.2, 0.25) is 0 Å². The molecule has 2 N–H and O–H groups in total. The van der Waals surface area contributed by atoms with Gasteiger partial charge < -0.3 is 10.6 Å². The van der Waals surface area contributed by atoms with Gasteiger partial charge in [-0.3, -0.25) is 4.31 Å². The number of nitrogens with one attached hydrogen (secondary N) is 2. The average molecular weight is 495 g/mol. The van der Waals surface area contributed by atoms with Crippen molar-refractivity contribution in [1.82, 2.24) is 20.3 Å². The minimum absolute atomic E-state index is 0.0315. The van der Waals surface area contributed by atoms with Crippen LogP contribution < -0.4 is 14.9 Å². The number of rotatable bonds is 9. The van der Waals surface area contributed by atoms with E-state index in [0.717, 1.165) is 22.3 Å². The largest absolute Gasteiger partial charge is 0.419 e. The van der Waals surface area contributed by atoms with Crippen molar-refractivity contribution in [2.24, 2.45) is 0 Å². The van der Waals surface area contributed by atoms with E-state index in [1.807, 2.05) is 19.2 Å². The molecule has 0 spiro atoms. The molecular weight excluding hydrogens is 469 g/mol. The summed E-state index contributed by atoms with van der Waals surface area (Å²) in [7, 11) is -0.415. The molecule has 0 aliphatic rings.